The van der Waals surface area contributed by atoms with Crippen molar-refractivity contribution in [3.63, 3.8) is 0 Å². The van der Waals surface area contributed by atoms with E-state index < -0.39 is 12.0 Å². The van der Waals surface area contributed by atoms with Crippen molar-refractivity contribution >= 4 is 24.1 Å². The molecule has 0 aliphatic rings. The van der Waals surface area contributed by atoms with Crippen molar-refractivity contribution in [2.75, 3.05) is 18.1 Å². The molecule has 0 radical (unpaired) electrons. The van der Waals surface area contributed by atoms with Gasteiger partial charge in [0.15, 0.2) is 0 Å². The first kappa shape index (κ1) is 15.2. The second kappa shape index (κ2) is 10.8. The van der Waals surface area contributed by atoms with Crippen LogP contribution in [0.4, 0.5) is 0 Å². The van der Waals surface area contributed by atoms with Crippen LogP contribution in [0.5, 0.6) is 0 Å². The van der Waals surface area contributed by atoms with E-state index in [0.29, 0.717) is 12.8 Å². The molecule has 0 aromatic carbocycles. The van der Waals surface area contributed by atoms with Crippen LogP contribution in [0.25, 0.3) is 0 Å². The summed E-state index contributed by atoms with van der Waals surface area (Å²) in [6, 6.07) is -0.776. The molecule has 1 amide bonds. The monoisotopic (exact) mass is 249 g/mol. The number of aliphatic hydroxyl groups is 1. The predicted octanol–water partition coefficient (Wildman–Crippen LogP) is 0.471. The number of nitrogens with one attached hydrogen (secondary N) is 1. The SMILES string of the molecule is O=CNC(CCSCCCCCO)C(=O)O. The predicted molar refractivity (Wildman–Crippen MR) is 63.5 cm³/mol. The molecule has 0 bridgehead atoms. The van der Waals surface area contributed by atoms with Crippen LogP contribution in [-0.4, -0.2) is 46.7 Å². The standard InChI is InChI=1S/C10H19NO4S/c12-5-2-1-3-6-16-7-4-9(10(14)15)11-8-13/h8-9,12H,1-7H2,(H,11,13)(H,14,15). The van der Waals surface area contributed by atoms with E-state index in [1.165, 1.54) is 0 Å². The van der Waals surface area contributed by atoms with Crippen LogP contribution in [0.3, 0.4) is 0 Å². The van der Waals surface area contributed by atoms with Crippen LogP contribution >= 0.6 is 11.8 Å². The van der Waals surface area contributed by atoms with Crippen LogP contribution in [-0.2, 0) is 9.59 Å². The Morgan fingerprint density at radius 3 is 2.62 bits per heavy atom. The highest BCUT2D eigenvalue weighted by atomic mass is 32.2. The zero-order valence-electron chi connectivity index (χ0n) is 9.22. The lowest BCUT2D eigenvalue weighted by molar-refractivity contribution is -0.140. The molecule has 0 rings (SSSR count). The molecular formula is C10H19NO4S. The number of unbranched alkanes of at least 4 members (excludes halogenated alkanes) is 2. The van der Waals surface area contributed by atoms with Gasteiger partial charge in [0.2, 0.25) is 6.41 Å². The largest absolute Gasteiger partial charge is 0.480 e. The van der Waals surface area contributed by atoms with Crippen molar-refractivity contribution in [3.8, 4) is 0 Å². The fourth-order valence-corrected chi connectivity index (χ4v) is 2.17. The molecule has 6 heteroatoms. The molecule has 16 heavy (non-hydrogen) atoms. The van der Waals surface area contributed by atoms with Gasteiger partial charge in [0, 0.05) is 6.61 Å². The number of carbonyl (C=O) groups is 2. The summed E-state index contributed by atoms with van der Waals surface area (Å²) >= 11 is 1.67. The Bertz CT molecular complexity index is 201. The summed E-state index contributed by atoms with van der Waals surface area (Å²) in [7, 11) is 0. The van der Waals surface area contributed by atoms with E-state index in [2.05, 4.69) is 5.32 Å². The van der Waals surface area contributed by atoms with Crippen LogP contribution in [0.1, 0.15) is 25.7 Å². The highest BCUT2D eigenvalue weighted by Gasteiger charge is 2.14. The van der Waals surface area contributed by atoms with E-state index in [9.17, 15) is 9.59 Å². The Kier molecular flexibility index (Phi) is 10.3. The van der Waals surface area contributed by atoms with Crippen molar-refractivity contribution in [1.29, 1.82) is 0 Å². The molecule has 0 heterocycles. The topological polar surface area (TPSA) is 86.6 Å². The Morgan fingerprint density at radius 2 is 2.06 bits per heavy atom. The lowest BCUT2D eigenvalue weighted by Gasteiger charge is -2.10. The third-order valence-electron chi connectivity index (χ3n) is 2.06. The van der Waals surface area contributed by atoms with Crippen LogP contribution in [0.2, 0.25) is 0 Å². The number of carboxylic acids is 1. The van der Waals surface area contributed by atoms with Gasteiger partial charge in [-0.1, -0.05) is 6.42 Å². The van der Waals surface area contributed by atoms with Crippen molar-refractivity contribution in [2.45, 2.75) is 31.7 Å². The highest BCUT2D eigenvalue weighted by molar-refractivity contribution is 7.99. The molecular weight excluding hydrogens is 230 g/mol. The molecule has 94 valence electrons. The summed E-state index contributed by atoms with van der Waals surface area (Å²) < 4.78 is 0. The molecule has 3 N–H and O–H groups in total. The summed E-state index contributed by atoms with van der Waals surface area (Å²) in [4.78, 5) is 20.8. The van der Waals surface area contributed by atoms with E-state index in [0.717, 1.165) is 30.8 Å². The van der Waals surface area contributed by atoms with Crippen molar-refractivity contribution in [2.24, 2.45) is 0 Å². The number of hydrogen-bond donors (Lipinski definition) is 3. The minimum absolute atomic E-state index is 0.231. The van der Waals surface area contributed by atoms with E-state index in [4.69, 9.17) is 10.2 Å². The van der Waals surface area contributed by atoms with Gasteiger partial charge >= 0.3 is 5.97 Å². The number of aliphatic hydroxyl groups excluding tert-OH is 1. The zero-order chi connectivity index (χ0) is 12.2. The number of carboxylic acid groups (broad SMARTS) is 1. The Balaban J connectivity index is 3.40. The molecule has 0 fully saturated rings. The maximum Gasteiger partial charge on any atom is 0.326 e. The van der Waals surface area contributed by atoms with Gasteiger partial charge in [-0.3, -0.25) is 4.79 Å². The second-order valence-electron chi connectivity index (χ2n) is 3.36. The lowest BCUT2D eigenvalue weighted by Crippen LogP contribution is -2.36. The molecule has 0 spiro atoms. The number of hydrogen-bond acceptors (Lipinski definition) is 4. The molecule has 1 unspecified atom stereocenters. The van der Waals surface area contributed by atoms with E-state index in [1.54, 1.807) is 11.8 Å². The molecule has 0 aliphatic carbocycles. The first-order valence-electron chi connectivity index (χ1n) is 5.33. The summed E-state index contributed by atoms with van der Waals surface area (Å²) in [5, 5.41) is 19.5. The fraction of sp³-hybridized carbons (Fsp3) is 0.800. The fourth-order valence-electron chi connectivity index (χ4n) is 1.16. The molecule has 0 aromatic rings. The van der Waals surface area contributed by atoms with Gasteiger partial charge in [-0.2, -0.15) is 11.8 Å². The third-order valence-corrected chi connectivity index (χ3v) is 3.17. The van der Waals surface area contributed by atoms with Crippen LogP contribution < -0.4 is 5.32 Å². The molecule has 0 aromatic heterocycles. The Morgan fingerprint density at radius 1 is 1.31 bits per heavy atom. The second-order valence-corrected chi connectivity index (χ2v) is 4.59. The number of rotatable bonds is 11. The quantitative estimate of drug-likeness (QED) is 0.366. The van der Waals surface area contributed by atoms with Gasteiger partial charge in [0.1, 0.15) is 6.04 Å². The smallest absolute Gasteiger partial charge is 0.326 e. The Labute approximate surface area is 99.6 Å². The van der Waals surface area contributed by atoms with E-state index >= 15 is 0 Å². The number of amides is 1. The zero-order valence-corrected chi connectivity index (χ0v) is 10.0. The average Bonchev–Trinajstić information content (AvgIpc) is 2.26. The van der Waals surface area contributed by atoms with Gasteiger partial charge in [0.25, 0.3) is 0 Å². The van der Waals surface area contributed by atoms with Gasteiger partial charge < -0.3 is 15.5 Å². The van der Waals surface area contributed by atoms with Gasteiger partial charge in [0.05, 0.1) is 0 Å². The number of carbonyl (C=O) groups excluding carboxylic acids is 1. The minimum Gasteiger partial charge on any atom is -0.480 e. The summed E-state index contributed by atoms with van der Waals surface area (Å²) in [5.74, 6) is 0.692. The molecule has 0 saturated heterocycles. The van der Waals surface area contributed by atoms with Crippen molar-refractivity contribution in [3.05, 3.63) is 0 Å². The average molecular weight is 249 g/mol. The summed E-state index contributed by atoms with van der Waals surface area (Å²) in [6.45, 7) is 0.231. The van der Waals surface area contributed by atoms with Gasteiger partial charge in [-0.25, -0.2) is 4.79 Å². The maximum absolute atomic E-state index is 10.6. The van der Waals surface area contributed by atoms with Crippen LogP contribution in [0, 0.1) is 0 Å². The first-order chi connectivity index (χ1) is 7.72. The number of aliphatic carboxylic acids is 1. The van der Waals surface area contributed by atoms with Crippen molar-refractivity contribution < 1.29 is 19.8 Å². The van der Waals surface area contributed by atoms with E-state index in [-0.39, 0.29) is 6.61 Å². The maximum atomic E-state index is 10.6. The molecule has 0 saturated carbocycles. The lowest BCUT2D eigenvalue weighted by atomic mass is 10.2. The molecule has 0 aliphatic heterocycles. The van der Waals surface area contributed by atoms with Gasteiger partial charge in [-0.05, 0) is 30.8 Å². The normalized spacial score (nSPS) is 12.1. The summed E-state index contributed by atoms with van der Waals surface area (Å²) in [6.07, 6.45) is 3.72. The first-order valence-corrected chi connectivity index (χ1v) is 6.49. The van der Waals surface area contributed by atoms with Crippen molar-refractivity contribution in [1.82, 2.24) is 5.32 Å². The van der Waals surface area contributed by atoms with Gasteiger partial charge in [-0.15, -0.1) is 0 Å². The summed E-state index contributed by atoms with van der Waals surface area (Å²) in [5.41, 5.74) is 0. The number of thioether (sulfide) groups is 1. The van der Waals surface area contributed by atoms with E-state index in [1.807, 2.05) is 0 Å². The minimum atomic E-state index is -0.993. The highest BCUT2D eigenvalue weighted by Crippen LogP contribution is 2.09. The molecule has 5 nitrogen and oxygen atoms in total. The van der Waals surface area contributed by atoms with Crippen LogP contribution in [0.15, 0.2) is 0 Å². The third kappa shape index (κ3) is 8.55. The Hall–Kier alpha value is -0.750. The molecule has 1 atom stereocenters.